The SMILES string of the molecule is CCOc1ccc(S(=O)(=O)NCCC(=O)NCc2cc(OC)c(OC)cc2OC)cc1. The smallest absolute Gasteiger partial charge is 0.240 e. The first-order chi connectivity index (χ1) is 14.8. The number of carbonyl (C=O) groups is 1. The molecule has 0 aliphatic carbocycles. The molecule has 0 saturated carbocycles. The van der Waals surface area contributed by atoms with Gasteiger partial charge in [-0.25, -0.2) is 13.1 Å². The van der Waals surface area contributed by atoms with Crippen molar-refractivity contribution in [3.63, 3.8) is 0 Å². The fraction of sp³-hybridized carbons (Fsp3) is 0.381. The third kappa shape index (κ3) is 6.76. The lowest BCUT2D eigenvalue weighted by Gasteiger charge is -2.14. The number of hydrogen-bond acceptors (Lipinski definition) is 7. The minimum Gasteiger partial charge on any atom is -0.496 e. The summed E-state index contributed by atoms with van der Waals surface area (Å²) >= 11 is 0. The Hall–Kier alpha value is -2.98. The van der Waals surface area contributed by atoms with Crippen LogP contribution in [0.25, 0.3) is 0 Å². The Kier molecular flexibility index (Phi) is 8.95. The third-order valence-corrected chi connectivity index (χ3v) is 5.83. The van der Waals surface area contributed by atoms with Gasteiger partial charge >= 0.3 is 0 Å². The van der Waals surface area contributed by atoms with Crippen LogP contribution in [0.3, 0.4) is 0 Å². The first-order valence-corrected chi connectivity index (χ1v) is 11.1. The number of sulfonamides is 1. The highest BCUT2D eigenvalue weighted by Gasteiger charge is 2.15. The molecule has 0 atom stereocenters. The second-order valence-electron chi connectivity index (χ2n) is 6.35. The van der Waals surface area contributed by atoms with Crippen LogP contribution in [0.2, 0.25) is 0 Å². The Labute approximate surface area is 182 Å². The van der Waals surface area contributed by atoms with E-state index in [0.29, 0.717) is 35.2 Å². The second-order valence-corrected chi connectivity index (χ2v) is 8.11. The van der Waals surface area contributed by atoms with Gasteiger partial charge in [-0.15, -0.1) is 0 Å². The van der Waals surface area contributed by atoms with Gasteiger partial charge < -0.3 is 24.3 Å². The molecule has 2 aromatic rings. The van der Waals surface area contributed by atoms with E-state index in [0.717, 1.165) is 0 Å². The number of amides is 1. The Morgan fingerprint density at radius 1 is 0.935 bits per heavy atom. The Morgan fingerprint density at radius 3 is 2.13 bits per heavy atom. The average Bonchev–Trinajstić information content (AvgIpc) is 2.77. The zero-order valence-electron chi connectivity index (χ0n) is 18.1. The van der Waals surface area contributed by atoms with Crippen molar-refractivity contribution < 1.29 is 32.2 Å². The van der Waals surface area contributed by atoms with Gasteiger partial charge in [-0.3, -0.25) is 4.79 Å². The molecule has 0 saturated heterocycles. The van der Waals surface area contributed by atoms with Crippen LogP contribution in [0.1, 0.15) is 18.9 Å². The van der Waals surface area contributed by atoms with Gasteiger partial charge in [0.05, 0.1) is 32.8 Å². The zero-order chi connectivity index (χ0) is 22.9. The van der Waals surface area contributed by atoms with Crippen molar-refractivity contribution in [3.05, 3.63) is 42.0 Å². The highest BCUT2D eigenvalue weighted by atomic mass is 32.2. The molecule has 2 aromatic carbocycles. The standard InChI is InChI=1S/C21H28N2O7S/c1-5-30-16-6-8-17(9-7-16)31(25,26)23-11-10-21(24)22-14-15-12-19(28-3)20(29-4)13-18(15)27-2/h6-9,12-13,23H,5,10-11,14H2,1-4H3,(H,22,24). The quantitative estimate of drug-likeness (QED) is 0.507. The zero-order valence-corrected chi connectivity index (χ0v) is 18.9. The topological polar surface area (TPSA) is 112 Å². The van der Waals surface area contributed by atoms with E-state index < -0.39 is 10.0 Å². The summed E-state index contributed by atoms with van der Waals surface area (Å²) < 4.78 is 48.3. The predicted octanol–water partition coefficient (Wildman–Crippen LogP) is 2.10. The van der Waals surface area contributed by atoms with E-state index in [-0.39, 0.29) is 30.3 Å². The second kappa shape index (κ2) is 11.4. The van der Waals surface area contributed by atoms with E-state index >= 15 is 0 Å². The van der Waals surface area contributed by atoms with Crippen LogP contribution in [0.4, 0.5) is 0 Å². The number of rotatable bonds is 12. The van der Waals surface area contributed by atoms with Gasteiger partial charge in [0.25, 0.3) is 0 Å². The fourth-order valence-electron chi connectivity index (χ4n) is 2.78. The first kappa shape index (κ1) is 24.3. The molecule has 0 aliphatic heterocycles. The van der Waals surface area contributed by atoms with E-state index in [4.69, 9.17) is 18.9 Å². The lowest BCUT2D eigenvalue weighted by molar-refractivity contribution is -0.121. The summed E-state index contributed by atoms with van der Waals surface area (Å²) in [5.74, 6) is 1.83. The van der Waals surface area contributed by atoms with Crippen molar-refractivity contribution in [2.75, 3.05) is 34.5 Å². The highest BCUT2D eigenvalue weighted by molar-refractivity contribution is 7.89. The number of carbonyl (C=O) groups excluding carboxylic acids is 1. The van der Waals surface area contributed by atoms with E-state index in [1.165, 1.54) is 33.5 Å². The monoisotopic (exact) mass is 452 g/mol. The Bertz CT molecular complexity index is 976. The highest BCUT2D eigenvalue weighted by Crippen LogP contribution is 2.34. The molecule has 0 aromatic heterocycles. The Morgan fingerprint density at radius 2 is 1.55 bits per heavy atom. The summed E-state index contributed by atoms with van der Waals surface area (Å²) in [5.41, 5.74) is 0.698. The molecule has 170 valence electrons. The summed E-state index contributed by atoms with van der Waals surface area (Å²) in [7, 11) is 0.836. The molecule has 1 amide bonds. The maximum atomic E-state index is 12.4. The minimum absolute atomic E-state index is 0.0220. The number of methoxy groups -OCH3 is 3. The van der Waals surface area contributed by atoms with Crippen molar-refractivity contribution in [1.82, 2.24) is 10.0 Å². The van der Waals surface area contributed by atoms with Crippen molar-refractivity contribution in [1.29, 1.82) is 0 Å². The molecule has 10 heteroatoms. The molecule has 0 heterocycles. The molecule has 2 N–H and O–H groups in total. The average molecular weight is 453 g/mol. The van der Waals surface area contributed by atoms with Crippen LogP contribution in [-0.4, -0.2) is 48.8 Å². The molecule has 0 bridgehead atoms. The van der Waals surface area contributed by atoms with Crippen molar-refractivity contribution in [2.45, 2.75) is 24.8 Å². The summed E-state index contributed by atoms with van der Waals surface area (Å²) in [4.78, 5) is 12.3. The fourth-order valence-corrected chi connectivity index (χ4v) is 3.81. The van der Waals surface area contributed by atoms with Crippen LogP contribution < -0.4 is 29.0 Å². The molecular formula is C21H28N2O7S. The van der Waals surface area contributed by atoms with Crippen LogP contribution >= 0.6 is 0 Å². The van der Waals surface area contributed by atoms with Crippen LogP contribution in [0.15, 0.2) is 41.3 Å². The van der Waals surface area contributed by atoms with Crippen LogP contribution in [-0.2, 0) is 21.4 Å². The maximum Gasteiger partial charge on any atom is 0.240 e. The molecule has 0 fully saturated rings. The van der Waals surface area contributed by atoms with E-state index in [2.05, 4.69) is 10.0 Å². The lowest BCUT2D eigenvalue weighted by atomic mass is 10.1. The third-order valence-electron chi connectivity index (χ3n) is 4.35. The van der Waals surface area contributed by atoms with Crippen LogP contribution in [0.5, 0.6) is 23.0 Å². The molecule has 2 rings (SSSR count). The molecule has 31 heavy (non-hydrogen) atoms. The normalized spacial score (nSPS) is 11.0. The number of ether oxygens (including phenoxy) is 4. The minimum atomic E-state index is -3.72. The van der Waals surface area contributed by atoms with E-state index in [1.807, 2.05) is 6.92 Å². The molecule has 9 nitrogen and oxygen atoms in total. The predicted molar refractivity (Wildman–Crippen MR) is 115 cm³/mol. The van der Waals surface area contributed by atoms with E-state index in [9.17, 15) is 13.2 Å². The molecular weight excluding hydrogens is 424 g/mol. The van der Waals surface area contributed by atoms with Crippen LogP contribution in [0, 0.1) is 0 Å². The lowest BCUT2D eigenvalue weighted by Crippen LogP contribution is -2.30. The van der Waals surface area contributed by atoms with Gasteiger partial charge in [-0.05, 0) is 37.3 Å². The molecule has 0 unspecified atom stereocenters. The van der Waals surface area contributed by atoms with Gasteiger partial charge in [0.1, 0.15) is 11.5 Å². The van der Waals surface area contributed by atoms with Crippen molar-refractivity contribution in [2.24, 2.45) is 0 Å². The van der Waals surface area contributed by atoms with Crippen molar-refractivity contribution in [3.8, 4) is 23.0 Å². The van der Waals surface area contributed by atoms with Gasteiger partial charge in [0.2, 0.25) is 15.9 Å². The van der Waals surface area contributed by atoms with Gasteiger partial charge in [0.15, 0.2) is 11.5 Å². The number of benzene rings is 2. The number of nitrogens with one attached hydrogen (secondary N) is 2. The molecule has 0 aliphatic rings. The maximum absolute atomic E-state index is 12.4. The first-order valence-electron chi connectivity index (χ1n) is 9.62. The van der Waals surface area contributed by atoms with Gasteiger partial charge in [-0.2, -0.15) is 0 Å². The molecule has 0 radical (unpaired) electrons. The number of hydrogen-bond donors (Lipinski definition) is 2. The van der Waals surface area contributed by atoms with Gasteiger partial charge in [-0.1, -0.05) is 0 Å². The van der Waals surface area contributed by atoms with Crippen molar-refractivity contribution >= 4 is 15.9 Å². The summed E-state index contributed by atoms with van der Waals surface area (Å²) in [5, 5.41) is 2.74. The van der Waals surface area contributed by atoms with E-state index in [1.54, 1.807) is 24.3 Å². The molecule has 0 spiro atoms. The largest absolute Gasteiger partial charge is 0.496 e. The Balaban J connectivity index is 1.89. The summed E-state index contributed by atoms with van der Waals surface area (Å²) in [6.45, 7) is 2.49. The summed E-state index contributed by atoms with van der Waals surface area (Å²) in [6, 6.07) is 9.47. The van der Waals surface area contributed by atoms with Gasteiger partial charge in [0, 0.05) is 31.1 Å². The summed E-state index contributed by atoms with van der Waals surface area (Å²) in [6.07, 6.45) is -0.0220.